The molecule has 1 aromatic heterocycles. The van der Waals surface area contributed by atoms with Crippen LogP contribution in [0.25, 0.3) is 0 Å². The van der Waals surface area contributed by atoms with Crippen LogP contribution in [0.2, 0.25) is 0 Å². The monoisotopic (exact) mass is 374 g/mol. The van der Waals surface area contributed by atoms with E-state index in [-0.39, 0.29) is 17.5 Å². The van der Waals surface area contributed by atoms with Crippen LogP contribution in [0, 0.1) is 17.6 Å². The van der Waals surface area contributed by atoms with Gasteiger partial charge in [-0.3, -0.25) is 14.7 Å². The SMILES string of the molecule is CN(C)C[C@@H]1CN(Cc2ccncc2)C[C@H]1NC(=O)c1ccc(F)cc1F. The van der Waals surface area contributed by atoms with Crippen molar-refractivity contribution in [3.63, 3.8) is 0 Å². The molecule has 144 valence electrons. The molecule has 1 aliphatic rings. The number of nitrogens with one attached hydrogen (secondary N) is 1. The van der Waals surface area contributed by atoms with Gasteiger partial charge in [-0.25, -0.2) is 8.78 Å². The molecule has 1 fully saturated rings. The molecule has 27 heavy (non-hydrogen) atoms. The Morgan fingerprint density at radius 2 is 1.96 bits per heavy atom. The third kappa shape index (κ3) is 5.08. The lowest BCUT2D eigenvalue weighted by atomic mass is 10.0. The molecule has 1 aliphatic heterocycles. The molecule has 1 aromatic carbocycles. The highest BCUT2D eigenvalue weighted by atomic mass is 19.1. The van der Waals surface area contributed by atoms with E-state index in [0.29, 0.717) is 6.54 Å². The molecule has 0 spiro atoms. The second-order valence-corrected chi connectivity index (χ2v) is 7.28. The number of hydrogen-bond donors (Lipinski definition) is 1. The van der Waals surface area contributed by atoms with Gasteiger partial charge in [-0.05, 0) is 43.9 Å². The van der Waals surface area contributed by atoms with Gasteiger partial charge >= 0.3 is 0 Å². The van der Waals surface area contributed by atoms with Crippen LogP contribution in [0.4, 0.5) is 8.78 Å². The first-order valence-corrected chi connectivity index (χ1v) is 8.94. The number of rotatable bonds is 6. The second kappa shape index (κ2) is 8.54. The first-order chi connectivity index (χ1) is 12.9. The fourth-order valence-electron chi connectivity index (χ4n) is 3.57. The summed E-state index contributed by atoms with van der Waals surface area (Å²) < 4.78 is 27.0. The maximum atomic E-state index is 13.9. The van der Waals surface area contributed by atoms with Crippen LogP contribution in [0.15, 0.2) is 42.7 Å². The highest BCUT2D eigenvalue weighted by Crippen LogP contribution is 2.21. The molecule has 0 bridgehead atoms. The summed E-state index contributed by atoms with van der Waals surface area (Å²) in [7, 11) is 3.98. The molecule has 0 radical (unpaired) electrons. The lowest BCUT2D eigenvalue weighted by Crippen LogP contribution is -2.43. The number of carbonyl (C=O) groups is 1. The summed E-state index contributed by atoms with van der Waals surface area (Å²) in [6.45, 7) is 3.08. The van der Waals surface area contributed by atoms with Gasteiger partial charge in [0.2, 0.25) is 0 Å². The Bertz CT molecular complexity index is 785. The van der Waals surface area contributed by atoms with Gasteiger partial charge in [0.05, 0.1) is 5.56 Å². The second-order valence-electron chi connectivity index (χ2n) is 7.28. The van der Waals surface area contributed by atoms with E-state index in [4.69, 9.17) is 0 Å². The first kappa shape index (κ1) is 19.4. The Morgan fingerprint density at radius 1 is 1.22 bits per heavy atom. The van der Waals surface area contributed by atoms with Crippen molar-refractivity contribution in [1.29, 1.82) is 0 Å². The Morgan fingerprint density at radius 3 is 2.63 bits per heavy atom. The molecule has 1 N–H and O–H groups in total. The molecule has 3 rings (SSSR count). The number of aromatic nitrogens is 1. The quantitative estimate of drug-likeness (QED) is 0.842. The van der Waals surface area contributed by atoms with Crippen molar-refractivity contribution < 1.29 is 13.6 Å². The van der Waals surface area contributed by atoms with Gasteiger partial charge in [-0.15, -0.1) is 0 Å². The fraction of sp³-hybridized carbons (Fsp3) is 0.400. The number of hydrogen-bond acceptors (Lipinski definition) is 4. The summed E-state index contributed by atoms with van der Waals surface area (Å²) in [6, 6.07) is 6.86. The van der Waals surface area contributed by atoms with Crippen LogP contribution in [0.5, 0.6) is 0 Å². The van der Waals surface area contributed by atoms with Gasteiger partial charge in [0.15, 0.2) is 0 Å². The van der Waals surface area contributed by atoms with E-state index in [1.807, 2.05) is 26.2 Å². The van der Waals surface area contributed by atoms with E-state index in [2.05, 4.69) is 20.1 Å². The standard InChI is InChI=1S/C20H24F2N4O/c1-25(2)11-15-12-26(10-14-5-7-23-8-6-14)13-19(15)24-20(27)17-4-3-16(21)9-18(17)22/h3-9,15,19H,10-13H2,1-2H3,(H,24,27)/t15-,19-/m1/s1. The molecule has 1 amide bonds. The van der Waals surface area contributed by atoms with E-state index < -0.39 is 17.5 Å². The summed E-state index contributed by atoms with van der Waals surface area (Å²) in [4.78, 5) is 20.9. The minimum Gasteiger partial charge on any atom is -0.348 e. The molecule has 2 atom stereocenters. The molecule has 2 aromatic rings. The summed E-state index contributed by atoms with van der Waals surface area (Å²) in [6.07, 6.45) is 3.53. The predicted octanol–water partition coefficient (Wildman–Crippen LogP) is 2.15. The minimum atomic E-state index is -0.844. The van der Waals surface area contributed by atoms with Gasteiger partial charge in [0, 0.05) is 56.6 Å². The van der Waals surface area contributed by atoms with Crippen molar-refractivity contribution in [2.75, 3.05) is 33.7 Å². The van der Waals surface area contributed by atoms with Crippen molar-refractivity contribution in [3.8, 4) is 0 Å². The minimum absolute atomic E-state index is 0.105. The Labute approximate surface area is 158 Å². The predicted molar refractivity (Wildman–Crippen MR) is 99.2 cm³/mol. The summed E-state index contributed by atoms with van der Waals surface area (Å²) >= 11 is 0. The third-order valence-electron chi connectivity index (χ3n) is 4.76. The Kier molecular flexibility index (Phi) is 6.13. The highest BCUT2D eigenvalue weighted by molar-refractivity contribution is 5.94. The zero-order valence-electron chi connectivity index (χ0n) is 15.5. The van der Waals surface area contributed by atoms with Crippen LogP contribution >= 0.6 is 0 Å². The topological polar surface area (TPSA) is 48.5 Å². The van der Waals surface area contributed by atoms with Gasteiger partial charge in [0.25, 0.3) is 5.91 Å². The molecule has 5 nitrogen and oxygen atoms in total. The van der Waals surface area contributed by atoms with Crippen LogP contribution in [0.3, 0.4) is 0 Å². The molecule has 0 saturated carbocycles. The normalized spacial score (nSPS) is 20.2. The third-order valence-corrected chi connectivity index (χ3v) is 4.76. The van der Waals surface area contributed by atoms with E-state index >= 15 is 0 Å². The molecule has 0 unspecified atom stereocenters. The zero-order valence-corrected chi connectivity index (χ0v) is 15.5. The number of pyridine rings is 1. The van der Waals surface area contributed by atoms with Crippen molar-refractivity contribution >= 4 is 5.91 Å². The lowest BCUT2D eigenvalue weighted by molar-refractivity contribution is 0.0922. The van der Waals surface area contributed by atoms with E-state index in [9.17, 15) is 13.6 Å². The van der Waals surface area contributed by atoms with Crippen molar-refractivity contribution in [2.45, 2.75) is 12.6 Å². The highest BCUT2D eigenvalue weighted by Gasteiger charge is 2.34. The van der Waals surface area contributed by atoms with Crippen LogP contribution in [-0.4, -0.2) is 60.5 Å². The largest absolute Gasteiger partial charge is 0.348 e. The average Bonchev–Trinajstić information content (AvgIpc) is 2.95. The van der Waals surface area contributed by atoms with Gasteiger partial charge < -0.3 is 10.2 Å². The average molecular weight is 374 g/mol. The van der Waals surface area contributed by atoms with E-state index in [1.54, 1.807) is 12.4 Å². The molecule has 1 saturated heterocycles. The van der Waals surface area contributed by atoms with Crippen LogP contribution < -0.4 is 5.32 Å². The van der Waals surface area contributed by atoms with Crippen LogP contribution in [-0.2, 0) is 6.54 Å². The summed E-state index contributed by atoms with van der Waals surface area (Å²) in [5, 5.41) is 2.94. The summed E-state index contributed by atoms with van der Waals surface area (Å²) in [5.41, 5.74) is 1.03. The van der Waals surface area contributed by atoms with Crippen molar-refractivity contribution in [3.05, 3.63) is 65.5 Å². The molecular weight excluding hydrogens is 350 g/mol. The summed E-state index contributed by atoms with van der Waals surface area (Å²) in [5.74, 6) is -1.83. The van der Waals surface area contributed by atoms with Crippen molar-refractivity contribution in [1.82, 2.24) is 20.1 Å². The van der Waals surface area contributed by atoms with E-state index in [0.717, 1.165) is 37.3 Å². The van der Waals surface area contributed by atoms with E-state index in [1.165, 1.54) is 6.07 Å². The fourth-order valence-corrected chi connectivity index (χ4v) is 3.57. The van der Waals surface area contributed by atoms with Gasteiger partial charge in [0.1, 0.15) is 11.6 Å². The van der Waals surface area contributed by atoms with Gasteiger partial charge in [-0.1, -0.05) is 0 Å². The smallest absolute Gasteiger partial charge is 0.254 e. The number of benzene rings is 1. The number of nitrogens with zero attached hydrogens (tertiary/aromatic N) is 3. The lowest BCUT2D eigenvalue weighted by Gasteiger charge is -2.23. The number of amides is 1. The maximum Gasteiger partial charge on any atom is 0.254 e. The molecule has 7 heteroatoms. The van der Waals surface area contributed by atoms with Crippen LogP contribution in [0.1, 0.15) is 15.9 Å². The number of halogens is 2. The Hall–Kier alpha value is -2.38. The first-order valence-electron chi connectivity index (χ1n) is 8.94. The number of carbonyl (C=O) groups excluding carboxylic acids is 1. The molecule has 2 heterocycles. The Balaban J connectivity index is 1.70. The molecule has 0 aliphatic carbocycles. The number of likely N-dealkylation sites (tertiary alicyclic amines) is 1. The zero-order chi connectivity index (χ0) is 19.4. The molecular formula is C20H24F2N4O. The maximum absolute atomic E-state index is 13.9. The van der Waals surface area contributed by atoms with Gasteiger partial charge in [-0.2, -0.15) is 0 Å². The van der Waals surface area contributed by atoms with Crippen molar-refractivity contribution in [2.24, 2.45) is 5.92 Å².